The lowest BCUT2D eigenvalue weighted by atomic mass is 10.1. The summed E-state index contributed by atoms with van der Waals surface area (Å²) in [6, 6.07) is 4.89. The molecular formula is C14H25N3O. The van der Waals surface area contributed by atoms with Gasteiger partial charge >= 0.3 is 0 Å². The summed E-state index contributed by atoms with van der Waals surface area (Å²) in [6.45, 7) is 11.5. The van der Waals surface area contributed by atoms with Crippen LogP contribution >= 0.6 is 0 Å². The highest BCUT2D eigenvalue weighted by molar-refractivity contribution is 5.11. The van der Waals surface area contributed by atoms with E-state index in [1.807, 2.05) is 13.0 Å². The quantitative estimate of drug-likeness (QED) is 0.883. The Morgan fingerprint density at radius 2 is 2.22 bits per heavy atom. The van der Waals surface area contributed by atoms with Gasteiger partial charge in [-0.3, -0.25) is 9.80 Å². The third kappa shape index (κ3) is 2.76. The lowest BCUT2D eigenvalue weighted by Crippen LogP contribution is -2.53. The van der Waals surface area contributed by atoms with Crippen LogP contribution in [0.5, 0.6) is 0 Å². The summed E-state index contributed by atoms with van der Waals surface area (Å²) in [5, 5.41) is 0. The molecule has 2 rings (SSSR count). The second-order valence-corrected chi connectivity index (χ2v) is 5.17. The van der Waals surface area contributed by atoms with Crippen molar-refractivity contribution in [2.75, 3.05) is 32.7 Å². The third-order valence-corrected chi connectivity index (χ3v) is 3.96. The zero-order valence-electron chi connectivity index (χ0n) is 11.7. The molecule has 102 valence electrons. The number of nitrogens with zero attached hydrogens (tertiary/aromatic N) is 2. The summed E-state index contributed by atoms with van der Waals surface area (Å²) in [5.41, 5.74) is 5.94. The average molecular weight is 251 g/mol. The molecule has 0 radical (unpaired) electrons. The van der Waals surface area contributed by atoms with Crippen molar-refractivity contribution in [2.24, 2.45) is 5.73 Å². The van der Waals surface area contributed by atoms with Gasteiger partial charge in [0.2, 0.25) is 0 Å². The first-order valence-electron chi connectivity index (χ1n) is 6.90. The summed E-state index contributed by atoms with van der Waals surface area (Å²) in [6.07, 6.45) is 0. The van der Waals surface area contributed by atoms with Crippen LogP contribution in [0.15, 0.2) is 16.5 Å². The molecule has 2 heterocycles. The van der Waals surface area contributed by atoms with E-state index in [1.165, 1.54) is 0 Å². The van der Waals surface area contributed by atoms with Gasteiger partial charge in [0.05, 0.1) is 6.04 Å². The van der Waals surface area contributed by atoms with Crippen LogP contribution in [-0.2, 0) is 0 Å². The van der Waals surface area contributed by atoms with Gasteiger partial charge in [-0.2, -0.15) is 0 Å². The molecule has 2 unspecified atom stereocenters. The van der Waals surface area contributed by atoms with E-state index < -0.39 is 0 Å². The molecule has 4 nitrogen and oxygen atoms in total. The Kier molecular flexibility index (Phi) is 4.43. The van der Waals surface area contributed by atoms with Gasteiger partial charge < -0.3 is 10.2 Å². The van der Waals surface area contributed by atoms with Gasteiger partial charge in [0, 0.05) is 32.2 Å². The predicted octanol–water partition coefficient (Wildman–Crippen LogP) is 1.61. The zero-order chi connectivity index (χ0) is 13.1. The van der Waals surface area contributed by atoms with Crippen molar-refractivity contribution < 1.29 is 4.42 Å². The van der Waals surface area contributed by atoms with E-state index in [-0.39, 0.29) is 6.04 Å². The first-order valence-corrected chi connectivity index (χ1v) is 6.90. The Hall–Kier alpha value is -0.840. The van der Waals surface area contributed by atoms with E-state index in [9.17, 15) is 0 Å². The van der Waals surface area contributed by atoms with Crippen molar-refractivity contribution in [1.82, 2.24) is 9.80 Å². The van der Waals surface area contributed by atoms with Crippen LogP contribution in [0.25, 0.3) is 0 Å². The Morgan fingerprint density at radius 1 is 1.44 bits per heavy atom. The maximum Gasteiger partial charge on any atom is 0.122 e. The summed E-state index contributed by atoms with van der Waals surface area (Å²) >= 11 is 0. The minimum atomic E-state index is 0.222. The molecule has 4 heteroatoms. The summed E-state index contributed by atoms with van der Waals surface area (Å²) in [4.78, 5) is 4.96. The van der Waals surface area contributed by atoms with Gasteiger partial charge in [-0.05, 0) is 32.5 Å². The number of hydrogen-bond acceptors (Lipinski definition) is 4. The van der Waals surface area contributed by atoms with Crippen molar-refractivity contribution >= 4 is 0 Å². The van der Waals surface area contributed by atoms with Crippen LogP contribution in [0, 0.1) is 6.92 Å². The molecule has 1 aliphatic heterocycles. The van der Waals surface area contributed by atoms with Crippen LogP contribution in [0.4, 0.5) is 0 Å². The van der Waals surface area contributed by atoms with Crippen molar-refractivity contribution in [3.05, 3.63) is 23.7 Å². The number of likely N-dealkylation sites (N-methyl/N-ethyl adjacent to an activating group) is 1. The van der Waals surface area contributed by atoms with Crippen LogP contribution in [0.3, 0.4) is 0 Å². The molecule has 1 aromatic rings. The molecule has 2 N–H and O–H groups in total. The molecule has 0 saturated carbocycles. The predicted molar refractivity (Wildman–Crippen MR) is 73.5 cm³/mol. The Bertz CT molecular complexity index is 377. The molecule has 0 spiro atoms. The number of hydrogen-bond donors (Lipinski definition) is 1. The molecular weight excluding hydrogens is 226 g/mol. The fraction of sp³-hybridized carbons (Fsp3) is 0.714. The van der Waals surface area contributed by atoms with Crippen molar-refractivity contribution in [3.63, 3.8) is 0 Å². The Balaban J connectivity index is 2.06. The highest BCUT2D eigenvalue weighted by Gasteiger charge is 2.29. The van der Waals surface area contributed by atoms with E-state index in [0.717, 1.165) is 37.7 Å². The molecule has 0 bridgehead atoms. The highest BCUT2D eigenvalue weighted by atomic mass is 16.3. The van der Waals surface area contributed by atoms with Crippen LogP contribution in [0.1, 0.15) is 31.4 Å². The molecule has 1 aromatic heterocycles. The first kappa shape index (κ1) is 13.6. The highest BCUT2D eigenvalue weighted by Crippen LogP contribution is 2.24. The Morgan fingerprint density at radius 3 is 2.72 bits per heavy atom. The minimum Gasteiger partial charge on any atom is -0.465 e. The minimum absolute atomic E-state index is 0.222. The molecule has 1 aliphatic rings. The van der Waals surface area contributed by atoms with Gasteiger partial charge in [-0.1, -0.05) is 6.92 Å². The standard InChI is InChI=1S/C14H25N3O/c1-4-16-7-8-17(10-11(16)2)13(9-15)14-6-5-12(3)18-14/h5-6,11,13H,4,7-10,15H2,1-3H3. The van der Waals surface area contributed by atoms with E-state index >= 15 is 0 Å². The second-order valence-electron chi connectivity index (χ2n) is 5.17. The van der Waals surface area contributed by atoms with Crippen molar-refractivity contribution in [1.29, 1.82) is 0 Å². The van der Waals surface area contributed by atoms with Gasteiger partial charge in [0.15, 0.2) is 0 Å². The first-order chi connectivity index (χ1) is 8.65. The topological polar surface area (TPSA) is 45.6 Å². The number of rotatable bonds is 4. The molecule has 2 atom stereocenters. The van der Waals surface area contributed by atoms with E-state index in [2.05, 4.69) is 29.7 Å². The Labute approximate surface area is 110 Å². The summed E-state index contributed by atoms with van der Waals surface area (Å²) in [7, 11) is 0. The van der Waals surface area contributed by atoms with Crippen molar-refractivity contribution in [2.45, 2.75) is 32.9 Å². The lowest BCUT2D eigenvalue weighted by Gasteiger charge is -2.42. The lowest BCUT2D eigenvalue weighted by molar-refractivity contribution is 0.0538. The monoisotopic (exact) mass is 251 g/mol. The number of nitrogens with two attached hydrogens (primary N) is 1. The van der Waals surface area contributed by atoms with Crippen LogP contribution in [0.2, 0.25) is 0 Å². The smallest absolute Gasteiger partial charge is 0.122 e. The normalized spacial score (nSPS) is 24.3. The summed E-state index contributed by atoms with van der Waals surface area (Å²) in [5.74, 6) is 1.97. The summed E-state index contributed by atoms with van der Waals surface area (Å²) < 4.78 is 5.74. The van der Waals surface area contributed by atoms with Gasteiger partial charge in [-0.25, -0.2) is 0 Å². The third-order valence-electron chi connectivity index (χ3n) is 3.96. The van der Waals surface area contributed by atoms with Crippen LogP contribution in [-0.4, -0.2) is 48.6 Å². The largest absolute Gasteiger partial charge is 0.465 e. The van der Waals surface area contributed by atoms with E-state index in [0.29, 0.717) is 12.6 Å². The average Bonchev–Trinajstić information content (AvgIpc) is 2.77. The SMILES string of the molecule is CCN1CCN(C(CN)c2ccc(C)o2)CC1C. The van der Waals surface area contributed by atoms with Crippen molar-refractivity contribution in [3.8, 4) is 0 Å². The van der Waals surface area contributed by atoms with E-state index in [4.69, 9.17) is 10.2 Å². The van der Waals surface area contributed by atoms with Crippen LogP contribution < -0.4 is 5.73 Å². The zero-order valence-corrected chi connectivity index (χ0v) is 11.7. The van der Waals surface area contributed by atoms with Gasteiger partial charge in [0.1, 0.15) is 11.5 Å². The number of furan rings is 1. The molecule has 0 aliphatic carbocycles. The molecule has 18 heavy (non-hydrogen) atoms. The molecule has 1 saturated heterocycles. The number of aryl methyl sites for hydroxylation is 1. The van der Waals surface area contributed by atoms with Gasteiger partial charge in [-0.15, -0.1) is 0 Å². The second kappa shape index (κ2) is 5.87. The molecule has 0 aromatic carbocycles. The fourth-order valence-electron chi connectivity index (χ4n) is 2.85. The van der Waals surface area contributed by atoms with Gasteiger partial charge in [0.25, 0.3) is 0 Å². The molecule has 1 fully saturated rings. The maximum absolute atomic E-state index is 5.94. The fourth-order valence-corrected chi connectivity index (χ4v) is 2.85. The van der Waals surface area contributed by atoms with E-state index in [1.54, 1.807) is 0 Å². The maximum atomic E-state index is 5.94. The number of piperazine rings is 1. The molecule has 0 amide bonds.